The molecule has 0 aliphatic rings. The normalized spacial score (nSPS) is 16.1. The molecule has 0 spiro atoms. The zero-order chi connectivity index (χ0) is 23.1. The van der Waals surface area contributed by atoms with Crippen molar-refractivity contribution in [1.82, 2.24) is 10.6 Å². The fourth-order valence-corrected chi connectivity index (χ4v) is 3.36. The molecule has 10 heteroatoms. The summed E-state index contributed by atoms with van der Waals surface area (Å²) in [6.07, 6.45) is -0.572. The van der Waals surface area contributed by atoms with Crippen molar-refractivity contribution < 1.29 is 33.2 Å². The molecule has 172 valence electrons. The van der Waals surface area contributed by atoms with Crippen LogP contribution in [0.4, 0.5) is 0 Å². The number of carbonyl (C=O) groups excluding carboxylic acids is 2. The summed E-state index contributed by atoms with van der Waals surface area (Å²) in [4.78, 5) is 33.7. The quantitative estimate of drug-likeness (QED) is 0.364. The second kappa shape index (κ2) is 10.9. The van der Waals surface area contributed by atoms with E-state index in [9.17, 15) is 24.2 Å². The van der Waals surface area contributed by atoms with Crippen LogP contribution in [0.25, 0.3) is 0 Å². The summed E-state index contributed by atoms with van der Waals surface area (Å²) < 4.78 is 21.9. The summed E-state index contributed by atoms with van der Waals surface area (Å²) in [5, 5.41) is 15.5. The molecule has 0 aliphatic heterocycles. The number of phosphoric acid groups is 1. The van der Waals surface area contributed by atoms with E-state index in [0.29, 0.717) is 6.54 Å². The van der Waals surface area contributed by atoms with Gasteiger partial charge in [-0.1, -0.05) is 34.6 Å². The number of hydrogen-bond donors (Lipinski definition) is 4. The third-order valence-electron chi connectivity index (χ3n) is 3.83. The Kier molecular flexibility index (Phi) is 10.5. The summed E-state index contributed by atoms with van der Waals surface area (Å²) in [6.45, 7) is 14.3. The van der Waals surface area contributed by atoms with E-state index in [2.05, 4.69) is 31.4 Å². The van der Waals surface area contributed by atoms with Crippen LogP contribution < -0.4 is 10.6 Å². The second-order valence-corrected chi connectivity index (χ2v) is 11.4. The third-order valence-corrected chi connectivity index (χ3v) is 5.06. The van der Waals surface area contributed by atoms with E-state index in [0.717, 1.165) is 6.42 Å². The van der Waals surface area contributed by atoms with Crippen LogP contribution in [0.1, 0.15) is 68.2 Å². The lowest BCUT2D eigenvalue weighted by Gasteiger charge is -2.31. The maximum atomic E-state index is 12.2. The molecule has 0 saturated carbocycles. The van der Waals surface area contributed by atoms with Gasteiger partial charge in [-0.05, 0) is 32.6 Å². The fourth-order valence-electron chi connectivity index (χ4n) is 2.12. The first-order valence-corrected chi connectivity index (χ1v) is 11.2. The van der Waals surface area contributed by atoms with Crippen LogP contribution in [-0.4, -0.2) is 53.2 Å². The van der Waals surface area contributed by atoms with Crippen molar-refractivity contribution in [2.45, 2.75) is 79.9 Å². The minimum Gasteiger partial charge on any atom is -0.383 e. The predicted molar refractivity (Wildman–Crippen MR) is 111 cm³/mol. The van der Waals surface area contributed by atoms with Crippen molar-refractivity contribution >= 4 is 19.6 Å². The van der Waals surface area contributed by atoms with Crippen molar-refractivity contribution in [3.8, 4) is 0 Å². The van der Waals surface area contributed by atoms with Gasteiger partial charge in [0.2, 0.25) is 11.8 Å². The first-order chi connectivity index (χ1) is 12.8. The number of aliphatic hydroxyl groups excluding tert-OH is 1. The largest absolute Gasteiger partial charge is 0.472 e. The monoisotopic (exact) mass is 438 g/mol. The lowest BCUT2D eigenvalue weighted by atomic mass is 9.87. The average molecular weight is 439 g/mol. The first-order valence-electron chi connectivity index (χ1n) is 9.75. The number of carbonyl (C=O) groups is 2. The first kappa shape index (κ1) is 28.0. The van der Waals surface area contributed by atoms with Crippen LogP contribution >= 0.6 is 7.82 Å². The molecule has 0 heterocycles. The van der Waals surface area contributed by atoms with Crippen LogP contribution in [0.5, 0.6) is 0 Å². The van der Waals surface area contributed by atoms with E-state index in [-0.39, 0.29) is 30.9 Å². The van der Waals surface area contributed by atoms with Gasteiger partial charge < -0.3 is 20.6 Å². The van der Waals surface area contributed by atoms with Gasteiger partial charge in [0.25, 0.3) is 0 Å². The van der Waals surface area contributed by atoms with E-state index < -0.39 is 30.8 Å². The van der Waals surface area contributed by atoms with Crippen molar-refractivity contribution in [1.29, 1.82) is 0 Å². The molecule has 9 nitrogen and oxygen atoms in total. The van der Waals surface area contributed by atoms with Gasteiger partial charge in [0.05, 0.1) is 12.2 Å². The molecule has 0 bridgehead atoms. The molecule has 0 aliphatic carbocycles. The van der Waals surface area contributed by atoms with Gasteiger partial charge in [0.15, 0.2) is 0 Å². The topological polar surface area (TPSA) is 134 Å². The highest BCUT2D eigenvalue weighted by atomic mass is 31.2. The van der Waals surface area contributed by atoms with Crippen molar-refractivity contribution in [2.75, 3.05) is 19.7 Å². The van der Waals surface area contributed by atoms with Gasteiger partial charge >= 0.3 is 7.82 Å². The second-order valence-electron chi connectivity index (χ2n) is 10.0. The van der Waals surface area contributed by atoms with E-state index in [1.807, 2.05) is 0 Å². The van der Waals surface area contributed by atoms with Gasteiger partial charge in [0.1, 0.15) is 6.10 Å². The molecule has 2 unspecified atom stereocenters. The third kappa shape index (κ3) is 13.8. The van der Waals surface area contributed by atoms with Crippen molar-refractivity contribution in [3.05, 3.63) is 0 Å². The summed E-state index contributed by atoms with van der Waals surface area (Å²) in [7, 11) is -4.33. The Balaban J connectivity index is 4.41. The minimum absolute atomic E-state index is 0.0693. The summed E-state index contributed by atoms with van der Waals surface area (Å²) >= 11 is 0. The SMILES string of the molecule is CC(C)(C)CCNC(=O)CCNC(=O)C(O)C(C)(C)COP(=O)(O)OC(C)(C)C. The Bertz CT molecular complexity index is 594. The molecule has 0 aromatic carbocycles. The Hall–Kier alpha value is -0.990. The number of amides is 2. The molecule has 0 aromatic heterocycles. The van der Waals surface area contributed by atoms with Crippen molar-refractivity contribution in [2.24, 2.45) is 10.8 Å². The minimum atomic E-state index is -4.33. The lowest BCUT2D eigenvalue weighted by Crippen LogP contribution is -2.46. The Morgan fingerprint density at radius 1 is 1.00 bits per heavy atom. The highest BCUT2D eigenvalue weighted by Gasteiger charge is 2.38. The number of nitrogens with one attached hydrogen (secondary N) is 2. The smallest absolute Gasteiger partial charge is 0.383 e. The molecular weight excluding hydrogens is 399 g/mol. The lowest BCUT2D eigenvalue weighted by molar-refractivity contribution is -0.137. The molecule has 2 amide bonds. The molecule has 0 fully saturated rings. The molecular formula is C19H39N2O7P. The van der Waals surface area contributed by atoms with Gasteiger partial charge in [-0.2, -0.15) is 0 Å². The predicted octanol–water partition coefficient (Wildman–Crippen LogP) is 2.36. The average Bonchev–Trinajstić information content (AvgIpc) is 2.48. The van der Waals surface area contributed by atoms with E-state index in [4.69, 9.17) is 9.05 Å². The van der Waals surface area contributed by atoms with Crippen LogP contribution in [-0.2, 0) is 23.2 Å². The summed E-state index contributed by atoms with van der Waals surface area (Å²) in [5.41, 5.74) is -1.92. The highest BCUT2D eigenvalue weighted by molar-refractivity contribution is 7.47. The Morgan fingerprint density at radius 3 is 2.03 bits per heavy atom. The zero-order valence-corrected chi connectivity index (χ0v) is 19.9. The van der Waals surface area contributed by atoms with E-state index >= 15 is 0 Å². The fraction of sp³-hybridized carbons (Fsp3) is 0.895. The number of rotatable bonds is 11. The van der Waals surface area contributed by atoms with Crippen LogP contribution in [0.2, 0.25) is 0 Å². The highest BCUT2D eigenvalue weighted by Crippen LogP contribution is 2.48. The molecule has 0 aromatic rings. The summed E-state index contributed by atoms with van der Waals surface area (Å²) in [6, 6.07) is 0. The van der Waals surface area contributed by atoms with Crippen LogP contribution in [0, 0.1) is 10.8 Å². The van der Waals surface area contributed by atoms with E-state index in [1.54, 1.807) is 20.8 Å². The molecule has 0 radical (unpaired) electrons. The van der Waals surface area contributed by atoms with Crippen LogP contribution in [0.15, 0.2) is 0 Å². The van der Waals surface area contributed by atoms with Gasteiger partial charge in [0, 0.05) is 24.9 Å². The van der Waals surface area contributed by atoms with Gasteiger partial charge in [-0.15, -0.1) is 0 Å². The molecule has 2 atom stereocenters. The summed E-state index contributed by atoms with van der Waals surface area (Å²) in [5.74, 6) is -0.877. The Labute approximate surface area is 174 Å². The Morgan fingerprint density at radius 2 is 1.55 bits per heavy atom. The standard InChI is InChI=1S/C19H39N2O7P/c1-17(2,3)10-12-20-14(22)9-11-21-16(24)15(23)19(7,8)13-27-29(25,26)28-18(4,5)6/h15,23H,9-13H2,1-8H3,(H,20,22)(H,21,24)(H,25,26). The number of hydrogen-bond acceptors (Lipinski definition) is 6. The van der Waals surface area contributed by atoms with Gasteiger partial charge in [-0.3, -0.25) is 18.6 Å². The maximum absolute atomic E-state index is 12.2. The maximum Gasteiger partial charge on any atom is 0.472 e. The van der Waals surface area contributed by atoms with Crippen LogP contribution in [0.3, 0.4) is 0 Å². The molecule has 0 rings (SSSR count). The molecule has 0 saturated heterocycles. The zero-order valence-electron chi connectivity index (χ0n) is 19.0. The number of aliphatic hydroxyl groups is 1. The number of phosphoric ester groups is 1. The van der Waals surface area contributed by atoms with Crippen molar-refractivity contribution in [3.63, 3.8) is 0 Å². The molecule has 29 heavy (non-hydrogen) atoms. The van der Waals surface area contributed by atoms with E-state index in [1.165, 1.54) is 13.8 Å². The van der Waals surface area contributed by atoms with Gasteiger partial charge in [-0.25, -0.2) is 4.57 Å². The molecule has 4 N–H and O–H groups in total.